The van der Waals surface area contributed by atoms with Gasteiger partial charge in [-0.3, -0.25) is 4.79 Å². The summed E-state index contributed by atoms with van der Waals surface area (Å²) in [4.78, 5) is 15.7. The molecule has 0 aliphatic heterocycles. The molecule has 0 saturated heterocycles. The van der Waals surface area contributed by atoms with Crippen molar-refractivity contribution in [2.45, 2.75) is 26.7 Å². The number of H-pyrrole nitrogens is 1. The predicted molar refractivity (Wildman–Crippen MR) is 101 cm³/mol. The van der Waals surface area contributed by atoms with E-state index in [0.717, 1.165) is 22.1 Å². The van der Waals surface area contributed by atoms with E-state index >= 15 is 0 Å². The molecule has 0 spiro atoms. The fourth-order valence-electron chi connectivity index (χ4n) is 3.25. The molecule has 0 bridgehead atoms. The second-order valence-electron chi connectivity index (χ2n) is 6.48. The molecule has 0 amide bonds. The van der Waals surface area contributed by atoms with Crippen molar-refractivity contribution in [2.24, 2.45) is 0 Å². The number of rotatable bonds is 3. The monoisotopic (exact) mass is 337 g/mol. The highest BCUT2D eigenvalue weighted by atomic mass is 19.1. The van der Waals surface area contributed by atoms with E-state index in [2.05, 4.69) is 4.98 Å². The van der Waals surface area contributed by atoms with Crippen LogP contribution in [0, 0.1) is 18.2 Å². The number of aryl methyl sites for hydroxylation is 1. The van der Waals surface area contributed by atoms with Crippen molar-refractivity contribution in [2.75, 3.05) is 5.73 Å². The Morgan fingerprint density at radius 1 is 1.24 bits per heavy atom. The van der Waals surface area contributed by atoms with Gasteiger partial charge >= 0.3 is 0 Å². The molecule has 0 atom stereocenters. The van der Waals surface area contributed by atoms with E-state index in [0.29, 0.717) is 22.3 Å². The van der Waals surface area contributed by atoms with E-state index in [4.69, 9.17) is 11.1 Å². The first-order valence-electron chi connectivity index (χ1n) is 8.10. The van der Waals surface area contributed by atoms with E-state index in [1.54, 1.807) is 12.1 Å². The number of fused-ring (bicyclic) bond motifs is 1. The van der Waals surface area contributed by atoms with Gasteiger partial charge in [0.25, 0.3) is 5.56 Å². The lowest BCUT2D eigenvalue weighted by molar-refractivity contribution is 0.628. The normalized spacial score (nSPS) is 11.2. The minimum absolute atomic E-state index is 0.0190. The standard InChI is InChI=1S/C20H20FN3O/c1-10(2)16-17(12-4-6-14(21)7-5-12)15-8-13(9-22)18(23)11(3)19(15)24-20(16)25/h4-10,22H,23H2,1-3H3,(H,24,25). The molecule has 0 unspecified atom stereocenters. The van der Waals surface area contributed by atoms with Crippen molar-refractivity contribution in [1.29, 1.82) is 5.41 Å². The first-order valence-corrected chi connectivity index (χ1v) is 8.10. The Kier molecular flexibility index (Phi) is 4.17. The van der Waals surface area contributed by atoms with Gasteiger partial charge in [0.2, 0.25) is 0 Å². The van der Waals surface area contributed by atoms with Gasteiger partial charge in [-0.1, -0.05) is 26.0 Å². The van der Waals surface area contributed by atoms with Crippen molar-refractivity contribution >= 4 is 22.8 Å². The summed E-state index contributed by atoms with van der Waals surface area (Å²) < 4.78 is 13.4. The number of nitrogens with two attached hydrogens (primary N) is 1. The summed E-state index contributed by atoms with van der Waals surface area (Å²) in [5, 5.41) is 8.42. The number of pyridine rings is 1. The second kappa shape index (κ2) is 6.16. The Bertz CT molecular complexity index is 1030. The lowest BCUT2D eigenvalue weighted by Gasteiger charge is -2.18. The zero-order valence-electron chi connectivity index (χ0n) is 14.4. The van der Waals surface area contributed by atoms with Gasteiger partial charge in [-0.2, -0.15) is 0 Å². The smallest absolute Gasteiger partial charge is 0.252 e. The Morgan fingerprint density at radius 3 is 2.44 bits per heavy atom. The molecule has 4 nitrogen and oxygen atoms in total. The molecule has 0 saturated carbocycles. The van der Waals surface area contributed by atoms with Crippen LogP contribution in [-0.4, -0.2) is 11.2 Å². The number of anilines is 1. The maximum Gasteiger partial charge on any atom is 0.252 e. The van der Waals surface area contributed by atoms with Crippen molar-refractivity contribution in [3.63, 3.8) is 0 Å². The number of nitrogen functional groups attached to an aromatic ring is 1. The lowest BCUT2D eigenvalue weighted by Crippen LogP contribution is -2.17. The molecule has 0 aliphatic rings. The quantitative estimate of drug-likeness (QED) is 0.490. The topological polar surface area (TPSA) is 82.7 Å². The molecule has 128 valence electrons. The van der Waals surface area contributed by atoms with Gasteiger partial charge in [0.05, 0.1) is 5.52 Å². The Morgan fingerprint density at radius 2 is 1.88 bits per heavy atom. The van der Waals surface area contributed by atoms with Gasteiger partial charge < -0.3 is 16.1 Å². The molecule has 4 N–H and O–H groups in total. The van der Waals surface area contributed by atoms with Crippen LogP contribution in [0.15, 0.2) is 35.1 Å². The number of hydrogen-bond donors (Lipinski definition) is 3. The second-order valence-corrected chi connectivity index (χ2v) is 6.48. The van der Waals surface area contributed by atoms with Crippen molar-refractivity contribution in [3.8, 4) is 11.1 Å². The minimum atomic E-state index is -0.329. The molecule has 1 aromatic heterocycles. The van der Waals surface area contributed by atoms with E-state index in [1.165, 1.54) is 18.3 Å². The average molecular weight is 337 g/mol. The van der Waals surface area contributed by atoms with Gasteiger partial charge in [-0.25, -0.2) is 4.39 Å². The van der Waals surface area contributed by atoms with E-state index in [9.17, 15) is 9.18 Å². The number of hydrogen-bond acceptors (Lipinski definition) is 3. The van der Waals surface area contributed by atoms with Crippen molar-refractivity contribution in [1.82, 2.24) is 4.98 Å². The molecular formula is C20H20FN3O. The summed E-state index contributed by atoms with van der Waals surface area (Å²) in [5.41, 5.74) is 10.5. The van der Waals surface area contributed by atoms with Crippen LogP contribution < -0.4 is 11.3 Å². The maximum absolute atomic E-state index is 13.4. The summed E-state index contributed by atoms with van der Waals surface area (Å²) in [7, 11) is 0. The first-order chi connectivity index (χ1) is 11.8. The summed E-state index contributed by atoms with van der Waals surface area (Å²) in [6.07, 6.45) is 1.20. The van der Waals surface area contributed by atoms with E-state index in [1.807, 2.05) is 26.8 Å². The molecule has 1 heterocycles. The molecule has 25 heavy (non-hydrogen) atoms. The van der Waals surface area contributed by atoms with Crippen LogP contribution in [0.25, 0.3) is 22.0 Å². The fraction of sp³-hybridized carbons (Fsp3) is 0.200. The van der Waals surface area contributed by atoms with E-state index in [-0.39, 0.29) is 17.3 Å². The van der Waals surface area contributed by atoms with Crippen LogP contribution >= 0.6 is 0 Å². The summed E-state index contributed by atoms with van der Waals surface area (Å²) in [6.45, 7) is 5.72. The maximum atomic E-state index is 13.4. The highest BCUT2D eigenvalue weighted by Crippen LogP contribution is 2.36. The number of aromatic amines is 1. The molecule has 3 aromatic rings. The summed E-state index contributed by atoms with van der Waals surface area (Å²) in [5.74, 6) is -0.348. The van der Waals surface area contributed by atoms with Crippen LogP contribution in [0.3, 0.4) is 0 Å². The molecular weight excluding hydrogens is 317 g/mol. The third kappa shape index (κ3) is 2.71. The van der Waals surface area contributed by atoms with Gasteiger partial charge in [-0.15, -0.1) is 0 Å². The van der Waals surface area contributed by atoms with Gasteiger partial charge in [0.1, 0.15) is 5.82 Å². The number of aromatic nitrogens is 1. The van der Waals surface area contributed by atoms with Crippen LogP contribution in [0.4, 0.5) is 10.1 Å². The van der Waals surface area contributed by atoms with Crippen LogP contribution in [0.1, 0.15) is 36.5 Å². The highest BCUT2D eigenvalue weighted by Gasteiger charge is 2.19. The molecule has 0 fully saturated rings. The van der Waals surface area contributed by atoms with Gasteiger partial charge in [0.15, 0.2) is 0 Å². The Labute approximate surface area is 145 Å². The largest absolute Gasteiger partial charge is 0.398 e. The van der Waals surface area contributed by atoms with Crippen LogP contribution in [0.5, 0.6) is 0 Å². The Balaban J connectivity index is 2.55. The van der Waals surface area contributed by atoms with Gasteiger partial charge in [-0.05, 0) is 47.7 Å². The molecule has 2 aromatic carbocycles. The lowest BCUT2D eigenvalue weighted by atomic mass is 9.89. The third-order valence-electron chi connectivity index (χ3n) is 4.55. The first kappa shape index (κ1) is 16.9. The molecule has 5 heteroatoms. The molecule has 0 radical (unpaired) electrons. The third-order valence-corrected chi connectivity index (χ3v) is 4.55. The summed E-state index contributed by atoms with van der Waals surface area (Å²) >= 11 is 0. The zero-order valence-corrected chi connectivity index (χ0v) is 14.4. The number of benzene rings is 2. The van der Waals surface area contributed by atoms with E-state index < -0.39 is 0 Å². The molecule has 3 rings (SSSR count). The fourth-order valence-corrected chi connectivity index (χ4v) is 3.25. The SMILES string of the molecule is Cc1c(N)c(C=N)cc2c(-c3ccc(F)cc3)c(C(C)C)c(=O)[nH]c12. The number of nitrogens with one attached hydrogen (secondary N) is 2. The van der Waals surface area contributed by atoms with Crippen LogP contribution in [0.2, 0.25) is 0 Å². The van der Waals surface area contributed by atoms with Gasteiger partial charge in [0, 0.05) is 28.4 Å². The highest BCUT2D eigenvalue weighted by molar-refractivity contribution is 6.04. The minimum Gasteiger partial charge on any atom is -0.398 e. The number of halogens is 1. The van der Waals surface area contributed by atoms with Crippen molar-refractivity contribution < 1.29 is 4.39 Å². The van der Waals surface area contributed by atoms with Crippen LogP contribution in [-0.2, 0) is 0 Å². The summed E-state index contributed by atoms with van der Waals surface area (Å²) in [6, 6.07) is 7.92. The van der Waals surface area contributed by atoms with Crippen molar-refractivity contribution in [3.05, 3.63) is 63.2 Å². The Hall–Kier alpha value is -2.95. The predicted octanol–water partition coefficient (Wildman–Crippen LogP) is 4.35. The zero-order chi connectivity index (χ0) is 18.3. The molecule has 0 aliphatic carbocycles. The average Bonchev–Trinajstić information content (AvgIpc) is 2.58.